The topological polar surface area (TPSA) is 63.2 Å². The molecule has 4 nitrogen and oxygen atoms in total. The second-order valence-corrected chi connectivity index (χ2v) is 7.57. The van der Waals surface area contributed by atoms with Gasteiger partial charge in [0.25, 0.3) is 5.91 Å². The third-order valence-electron chi connectivity index (χ3n) is 3.59. The second-order valence-electron chi connectivity index (χ2n) is 5.59. The SMILES string of the molecule is CC(NC(=O)c1ccccc1S(C)(=O)=O)c1cccc(C(F)(F)F)c1. The standard InChI is InChI=1S/C17H16F3NO3S/c1-11(12-6-5-7-13(10-12)17(18,19)20)21-16(22)14-8-3-4-9-15(14)25(2,23)24/h3-11H,1-2H3,(H,21,22). The van der Waals surface area contributed by atoms with E-state index in [0.29, 0.717) is 0 Å². The summed E-state index contributed by atoms with van der Waals surface area (Å²) in [5, 5.41) is 2.53. The molecule has 2 aromatic rings. The highest BCUT2D eigenvalue weighted by Gasteiger charge is 2.31. The highest BCUT2D eigenvalue weighted by molar-refractivity contribution is 7.90. The van der Waals surface area contributed by atoms with Crippen LogP contribution in [0.3, 0.4) is 0 Å². The highest BCUT2D eigenvalue weighted by atomic mass is 32.2. The van der Waals surface area contributed by atoms with E-state index < -0.39 is 33.5 Å². The number of rotatable bonds is 4. The van der Waals surface area contributed by atoms with Gasteiger partial charge in [-0.25, -0.2) is 8.42 Å². The van der Waals surface area contributed by atoms with Crippen molar-refractivity contribution < 1.29 is 26.4 Å². The first-order chi connectivity index (χ1) is 11.5. The van der Waals surface area contributed by atoms with Crippen molar-refractivity contribution in [2.24, 2.45) is 0 Å². The van der Waals surface area contributed by atoms with Gasteiger partial charge >= 0.3 is 6.18 Å². The fourth-order valence-electron chi connectivity index (χ4n) is 2.32. The van der Waals surface area contributed by atoms with E-state index in [0.717, 1.165) is 18.4 Å². The molecule has 1 unspecified atom stereocenters. The first-order valence-corrected chi connectivity index (χ1v) is 9.16. The minimum atomic E-state index is -4.48. The molecule has 0 aliphatic carbocycles. The summed E-state index contributed by atoms with van der Waals surface area (Å²) in [6, 6.07) is 9.53. The Morgan fingerprint density at radius 1 is 1.08 bits per heavy atom. The lowest BCUT2D eigenvalue weighted by molar-refractivity contribution is -0.137. The number of hydrogen-bond acceptors (Lipinski definition) is 3. The van der Waals surface area contributed by atoms with Crippen LogP contribution in [0.2, 0.25) is 0 Å². The largest absolute Gasteiger partial charge is 0.416 e. The number of benzene rings is 2. The first kappa shape index (κ1) is 19.0. The van der Waals surface area contributed by atoms with Crippen molar-refractivity contribution in [2.75, 3.05) is 6.26 Å². The molecular weight excluding hydrogens is 355 g/mol. The van der Waals surface area contributed by atoms with Gasteiger partial charge in [0, 0.05) is 6.26 Å². The van der Waals surface area contributed by atoms with Crippen LogP contribution in [0, 0.1) is 0 Å². The third-order valence-corrected chi connectivity index (χ3v) is 4.75. The molecule has 0 aromatic heterocycles. The summed E-state index contributed by atoms with van der Waals surface area (Å²) >= 11 is 0. The Bertz CT molecular complexity index is 892. The summed E-state index contributed by atoms with van der Waals surface area (Å²) in [5.41, 5.74) is -0.605. The number of nitrogens with one attached hydrogen (secondary N) is 1. The van der Waals surface area contributed by atoms with Crippen molar-refractivity contribution in [3.05, 3.63) is 65.2 Å². The molecule has 0 spiro atoms. The van der Waals surface area contributed by atoms with Crippen LogP contribution >= 0.6 is 0 Å². The Labute approximate surface area is 143 Å². The highest BCUT2D eigenvalue weighted by Crippen LogP contribution is 2.30. The van der Waals surface area contributed by atoms with Crippen molar-refractivity contribution in [1.29, 1.82) is 0 Å². The van der Waals surface area contributed by atoms with Gasteiger partial charge in [-0.15, -0.1) is 0 Å². The van der Waals surface area contributed by atoms with Gasteiger partial charge in [0.15, 0.2) is 9.84 Å². The number of hydrogen-bond donors (Lipinski definition) is 1. The lowest BCUT2D eigenvalue weighted by Crippen LogP contribution is -2.28. The summed E-state index contributed by atoms with van der Waals surface area (Å²) in [5.74, 6) is -0.675. The molecule has 2 rings (SSSR count). The number of carbonyl (C=O) groups excluding carboxylic acids is 1. The van der Waals surface area contributed by atoms with Crippen molar-refractivity contribution in [2.45, 2.75) is 24.0 Å². The normalized spacial score (nSPS) is 13.3. The Morgan fingerprint density at radius 3 is 2.32 bits per heavy atom. The average molecular weight is 371 g/mol. The van der Waals surface area contributed by atoms with Crippen molar-refractivity contribution in [3.8, 4) is 0 Å². The van der Waals surface area contributed by atoms with Gasteiger partial charge in [-0.2, -0.15) is 13.2 Å². The van der Waals surface area contributed by atoms with Gasteiger partial charge in [0.1, 0.15) is 0 Å². The lowest BCUT2D eigenvalue weighted by atomic mass is 10.0. The molecule has 8 heteroatoms. The molecule has 1 atom stereocenters. The molecule has 0 fully saturated rings. The second kappa shape index (κ2) is 6.87. The van der Waals surface area contributed by atoms with Gasteiger partial charge in [0.2, 0.25) is 0 Å². The summed E-state index contributed by atoms with van der Waals surface area (Å²) in [6.07, 6.45) is -3.50. The Morgan fingerprint density at radius 2 is 1.72 bits per heavy atom. The summed E-state index contributed by atoms with van der Waals surface area (Å²) in [4.78, 5) is 12.2. The fourth-order valence-corrected chi connectivity index (χ4v) is 3.21. The number of sulfone groups is 1. The maximum absolute atomic E-state index is 12.8. The Hall–Kier alpha value is -2.35. The minimum absolute atomic E-state index is 0.0520. The molecule has 0 saturated heterocycles. The zero-order chi connectivity index (χ0) is 18.8. The van der Waals surface area contributed by atoms with Crippen molar-refractivity contribution >= 4 is 15.7 Å². The van der Waals surface area contributed by atoms with Crippen LogP contribution in [0.15, 0.2) is 53.4 Å². The lowest BCUT2D eigenvalue weighted by Gasteiger charge is -2.17. The van der Waals surface area contributed by atoms with Gasteiger partial charge in [0.05, 0.1) is 22.1 Å². The predicted molar refractivity (Wildman–Crippen MR) is 86.9 cm³/mol. The molecule has 25 heavy (non-hydrogen) atoms. The van der Waals surface area contributed by atoms with Gasteiger partial charge in [-0.05, 0) is 36.8 Å². The Balaban J connectivity index is 2.28. The third kappa shape index (κ3) is 4.60. The maximum Gasteiger partial charge on any atom is 0.416 e. The van der Waals surface area contributed by atoms with Gasteiger partial charge in [-0.1, -0.05) is 24.3 Å². The van der Waals surface area contributed by atoms with Crippen LogP contribution in [-0.2, 0) is 16.0 Å². The van der Waals surface area contributed by atoms with Crippen LogP contribution in [0.25, 0.3) is 0 Å². The zero-order valence-corrected chi connectivity index (χ0v) is 14.3. The number of amides is 1. The van der Waals surface area contributed by atoms with Crippen LogP contribution < -0.4 is 5.32 Å². The molecule has 1 N–H and O–H groups in total. The molecule has 134 valence electrons. The molecule has 0 radical (unpaired) electrons. The van der Waals surface area contributed by atoms with Crippen LogP contribution in [0.5, 0.6) is 0 Å². The van der Waals surface area contributed by atoms with E-state index in [2.05, 4.69) is 5.32 Å². The summed E-state index contributed by atoms with van der Waals surface area (Å²) < 4.78 is 61.9. The molecule has 0 bridgehead atoms. The monoisotopic (exact) mass is 371 g/mol. The average Bonchev–Trinajstić information content (AvgIpc) is 2.53. The van der Waals surface area contributed by atoms with E-state index in [9.17, 15) is 26.4 Å². The number of carbonyl (C=O) groups is 1. The number of alkyl halides is 3. The molecule has 0 heterocycles. The number of halogens is 3. The van der Waals surface area contributed by atoms with Crippen molar-refractivity contribution in [1.82, 2.24) is 5.32 Å². The predicted octanol–water partition coefficient (Wildman–Crippen LogP) is 3.60. The van der Waals surface area contributed by atoms with Crippen LogP contribution in [0.1, 0.15) is 34.5 Å². The summed E-state index contributed by atoms with van der Waals surface area (Å²) in [7, 11) is -3.61. The van der Waals surface area contributed by atoms with E-state index in [1.54, 1.807) is 0 Å². The van der Waals surface area contributed by atoms with E-state index in [-0.39, 0.29) is 16.0 Å². The first-order valence-electron chi connectivity index (χ1n) is 7.27. The fraction of sp³-hybridized carbons (Fsp3) is 0.235. The van der Waals surface area contributed by atoms with E-state index >= 15 is 0 Å². The Kier molecular flexibility index (Phi) is 5.22. The van der Waals surface area contributed by atoms with Crippen LogP contribution in [0.4, 0.5) is 13.2 Å². The zero-order valence-electron chi connectivity index (χ0n) is 13.5. The smallest absolute Gasteiger partial charge is 0.345 e. The summed E-state index contributed by atoms with van der Waals surface area (Å²) in [6.45, 7) is 1.52. The van der Waals surface area contributed by atoms with Gasteiger partial charge < -0.3 is 5.32 Å². The van der Waals surface area contributed by atoms with E-state index in [1.807, 2.05) is 0 Å². The molecule has 0 aliphatic rings. The van der Waals surface area contributed by atoms with Gasteiger partial charge in [-0.3, -0.25) is 4.79 Å². The van der Waals surface area contributed by atoms with Crippen molar-refractivity contribution in [3.63, 3.8) is 0 Å². The molecule has 1 amide bonds. The molecule has 2 aromatic carbocycles. The quantitative estimate of drug-likeness (QED) is 0.893. The molecule has 0 aliphatic heterocycles. The van der Waals surface area contributed by atoms with E-state index in [4.69, 9.17) is 0 Å². The van der Waals surface area contributed by atoms with E-state index in [1.165, 1.54) is 43.3 Å². The van der Waals surface area contributed by atoms with Crippen LogP contribution in [-0.4, -0.2) is 20.6 Å². The molecular formula is C17H16F3NO3S. The minimum Gasteiger partial charge on any atom is -0.345 e. The molecule has 0 saturated carbocycles. The maximum atomic E-state index is 12.8.